The molecule has 118 valence electrons. The molecule has 2 aromatic rings. The first-order valence-corrected chi connectivity index (χ1v) is 7.78. The fraction of sp³-hybridized carbons (Fsp3) is 0.400. The zero-order chi connectivity index (χ0) is 16.4. The number of hydrogen-bond acceptors (Lipinski definition) is 3. The van der Waals surface area contributed by atoms with Gasteiger partial charge in [-0.05, 0) is 40.9 Å². The molecular formula is C15H18BrN3O3. The van der Waals surface area contributed by atoms with Crippen LogP contribution in [0.15, 0.2) is 16.7 Å². The van der Waals surface area contributed by atoms with Gasteiger partial charge >= 0.3 is 5.97 Å². The normalized spacial score (nSPS) is 10.9. The number of carboxylic acids is 1. The van der Waals surface area contributed by atoms with E-state index in [9.17, 15) is 9.59 Å². The number of likely N-dealkylation sites (N-methyl/N-ethyl adjacent to an activating group) is 1. The van der Waals surface area contributed by atoms with Crippen LogP contribution in [-0.2, 0) is 11.2 Å². The van der Waals surface area contributed by atoms with Crippen molar-refractivity contribution in [1.29, 1.82) is 0 Å². The maximum Gasteiger partial charge on any atom is 0.323 e. The highest BCUT2D eigenvalue weighted by Gasteiger charge is 2.24. The van der Waals surface area contributed by atoms with Gasteiger partial charge in [-0.2, -0.15) is 0 Å². The SMILES string of the molecule is CCCc1nc2c(C)cc(Br)cn2c1C(=O)N(C)CC(=O)O. The Kier molecular flexibility index (Phi) is 4.85. The maximum absolute atomic E-state index is 12.7. The Morgan fingerprint density at radius 1 is 1.45 bits per heavy atom. The molecular weight excluding hydrogens is 350 g/mol. The van der Waals surface area contributed by atoms with Gasteiger partial charge < -0.3 is 10.0 Å². The molecule has 2 heterocycles. The zero-order valence-electron chi connectivity index (χ0n) is 12.8. The van der Waals surface area contributed by atoms with Crippen LogP contribution in [-0.4, -0.2) is 44.9 Å². The highest BCUT2D eigenvalue weighted by atomic mass is 79.9. The second-order valence-corrected chi connectivity index (χ2v) is 6.16. The highest BCUT2D eigenvalue weighted by Crippen LogP contribution is 2.22. The first kappa shape index (κ1) is 16.5. The summed E-state index contributed by atoms with van der Waals surface area (Å²) in [4.78, 5) is 29.3. The lowest BCUT2D eigenvalue weighted by molar-refractivity contribution is -0.137. The van der Waals surface area contributed by atoms with Crippen LogP contribution >= 0.6 is 15.9 Å². The van der Waals surface area contributed by atoms with Crippen LogP contribution < -0.4 is 0 Å². The van der Waals surface area contributed by atoms with Crippen molar-refractivity contribution < 1.29 is 14.7 Å². The van der Waals surface area contributed by atoms with Crippen molar-refractivity contribution in [2.75, 3.05) is 13.6 Å². The van der Waals surface area contributed by atoms with Gasteiger partial charge in [-0.25, -0.2) is 4.98 Å². The predicted octanol–water partition coefficient (Wildman–Crippen LogP) is 2.51. The number of rotatable bonds is 5. The Hall–Kier alpha value is -1.89. The van der Waals surface area contributed by atoms with Crippen LogP contribution in [0.25, 0.3) is 5.65 Å². The number of pyridine rings is 1. The number of fused-ring (bicyclic) bond motifs is 1. The number of carboxylic acid groups (broad SMARTS) is 1. The summed E-state index contributed by atoms with van der Waals surface area (Å²) in [5.74, 6) is -1.38. The molecule has 6 nitrogen and oxygen atoms in total. The van der Waals surface area contributed by atoms with Crippen LogP contribution in [0.1, 0.15) is 35.1 Å². The van der Waals surface area contributed by atoms with E-state index in [1.165, 1.54) is 11.9 Å². The minimum Gasteiger partial charge on any atom is -0.480 e. The first-order chi connectivity index (χ1) is 10.3. The highest BCUT2D eigenvalue weighted by molar-refractivity contribution is 9.10. The van der Waals surface area contributed by atoms with Gasteiger partial charge in [0.15, 0.2) is 0 Å². The van der Waals surface area contributed by atoms with E-state index in [2.05, 4.69) is 20.9 Å². The standard InChI is InChI=1S/C15H18BrN3O3/c1-4-5-11-13(15(22)18(3)8-12(20)21)19-7-10(16)6-9(2)14(19)17-11/h6-7H,4-5,8H2,1-3H3,(H,20,21). The van der Waals surface area contributed by atoms with Crippen molar-refractivity contribution >= 4 is 33.5 Å². The van der Waals surface area contributed by atoms with E-state index in [0.717, 1.165) is 22.1 Å². The van der Waals surface area contributed by atoms with Gasteiger partial charge in [0, 0.05) is 17.7 Å². The van der Waals surface area contributed by atoms with E-state index in [1.807, 2.05) is 19.9 Å². The Balaban J connectivity index is 2.61. The molecule has 0 aliphatic heterocycles. The molecule has 0 saturated heterocycles. The third kappa shape index (κ3) is 3.14. The number of nitrogens with zero attached hydrogens (tertiary/aromatic N) is 3. The van der Waals surface area contributed by atoms with Crippen molar-refractivity contribution in [3.8, 4) is 0 Å². The largest absolute Gasteiger partial charge is 0.480 e. The van der Waals surface area contributed by atoms with Gasteiger partial charge in [-0.15, -0.1) is 0 Å². The molecule has 0 unspecified atom stereocenters. The van der Waals surface area contributed by atoms with E-state index in [-0.39, 0.29) is 12.5 Å². The lowest BCUT2D eigenvalue weighted by atomic mass is 10.2. The van der Waals surface area contributed by atoms with E-state index < -0.39 is 5.97 Å². The van der Waals surface area contributed by atoms with Crippen molar-refractivity contribution in [2.45, 2.75) is 26.7 Å². The van der Waals surface area contributed by atoms with Gasteiger partial charge in [0.2, 0.25) is 0 Å². The summed E-state index contributed by atoms with van der Waals surface area (Å²) < 4.78 is 2.58. The van der Waals surface area contributed by atoms with Gasteiger partial charge in [-0.1, -0.05) is 13.3 Å². The van der Waals surface area contributed by atoms with Crippen LogP contribution in [0.4, 0.5) is 0 Å². The Morgan fingerprint density at radius 3 is 2.73 bits per heavy atom. The predicted molar refractivity (Wildman–Crippen MR) is 86.2 cm³/mol. The number of halogens is 1. The molecule has 22 heavy (non-hydrogen) atoms. The quantitative estimate of drug-likeness (QED) is 0.880. The molecule has 7 heteroatoms. The number of imidazole rings is 1. The molecule has 1 N–H and O–H groups in total. The van der Waals surface area contributed by atoms with E-state index in [0.29, 0.717) is 17.8 Å². The fourth-order valence-corrected chi connectivity index (χ4v) is 2.96. The second kappa shape index (κ2) is 6.48. The number of amides is 1. The number of carbonyl (C=O) groups excluding carboxylic acids is 1. The van der Waals surface area contributed by atoms with Gasteiger partial charge in [0.05, 0.1) is 5.69 Å². The molecule has 2 rings (SSSR count). The van der Waals surface area contributed by atoms with Crippen LogP contribution in [0.2, 0.25) is 0 Å². The summed E-state index contributed by atoms with van der Waals surface area (Å²) in [6, 6.07) is 1.94. The lowest BCUT2D eigenvalue weighted by Gasteiger charge is -2.15. The van der Waals surface area contributed by atoms with Crippen molar-refractivity contribution in [3.05, 3.63) is 33.7 Å². The van der Waals surface area contributed by atoms with Gasteiger partial charge in [-0.3, -0.25) is 14.0 Å². The molecule has 0 saturated carbocycles. The van der Waals surface area contributed by atoms with Gasteiger partial charge in [0.1, 0.15) is 17.9 Å². The number of aromatic nitrogens is 2. The van der Waals surface area contributed by atoms with Crippen molar-refractivity contribution in [1.82, 2.24) is 14.3 Å². The first-order valence-electron chi connectivity index (χ1n) is 6.99. The minimum atomic E-state index is -1.04. The Labute approximate surface area is 136 Å². The van der Waals surface area contributed by atoms with E-state index in [4.69, 9.17) is 5.11 Å². The number of aliphatic carboxylic acids is 1. The molecule has 0 aliphatic carbocycles. The van der Waals surface area contributed by atoms with Crippen LogP contribution in [0, 0.1) is 6.92 Å². The average molecular weight is 368 g/mol. The molecule has 0 aromatic carbocycles. The van der Waals surface area contributed by atoms with Crippen LogP contribution in [0.5, 0.6) is 0 Å². The average Bonchev–Trinajstić information content (AvgIpc) is 2.76. The van der Waals surface area contributed by atoms with Gasteiger partial charge in [0.25, 0.3) is 5.91 Å². The maximum atomic E-state index is 12.7. The van der Waals surface area contributed by atoms with E-state index >= 15 is 0 Å². The molecule has 0 spiro atoms. The van der Waals surface area contributed by atoms with Crippen LogP contribution in [0.3, 0.4) is 0 Å². The summed E-state index contributed by atoms with van der Waals surface area (Å²) in [7, 11) is 1.48. The summed E-state index contributed by atoms with van der Waals surface area (Å²) in [5.41, 5.74) is 2.81. The zero-order valence-corrected chi connectivity index (χ0v) is 14.3. The molecule has 2 aromatic heterocycles. The summed E-state index contributed by atoms with van der Waals surface area (Å²) >= 11 is 3.42. The monoisotopic (exact) mass is 367 g/mol. The fourth-order valence-electron chi connectivity index (χ4n) is 2.41. The molecule has 0 bridgehead atoms. The third-order valence-electron chi connectivity index (χ3n) is 3.35. The Morgan fingerprint density at radius 2 is 2.14 bits per heavy atom. The minimum absolute atomic E-state index is 0.337. The number of hydrogen-bond donors (Lipinski definition) is 1. The third-order valence-corrected chi connectivity index (χ3v) is 3.79. The molecule has 0 atom stereocenters. The molecule has 1 amide bonds. The molecule has 0 radical (unpaired) electrons. The smallest absolute Gasteiger partial charge is 0.323 e. The number of aryl methyl sites for hydroxylation is 2. The molecule has 0 aliphatic rings. The van der Waals surface area contributed by atoms with Crippen molar-refractivity contribution in [2.24, 2.45) is 0 Å². The molecule has 0 fully saturated rings. The van der Waals surface area contributed by atoms with Crippen molar-refractivity contribution in [3.63, 3.8) is 0 Å². The summed E-state index contributed by atoms with van der Waals surface area (Å²) in [5, 5.41) is 8.88. The topological polar surface area (TPSA) is 74.9 Å². The number of carbonyl (C=O) groups is 2. The second-order valence-electron chi connectivity index (χ2n) is 5.25. The Bertz CT molecular complexity index is 739. The summed E-state index contributed by atoms with van der Waals surface area (Å²) in [6.45, 7) is 3.60. The van der Waals surface area contributed by atoms with E-state index in [1.54, 1.807) is 10.6 Å². The lowest BCUT2D eigenvalue weighted by Crippen LogP contribution is -2.33. The summed E-state index contributed by atoms with van der Waals surface area (Å²) in [6.07, 6.45) is 3.31.